The summed E-state index contributed by atoms with van der Waals surface area (Å²) >= 11 is 0. The third kappa shape index (κ3) is 2.84. The van der Waals surface area contributed by atoms with E-state index in [9.17, 15) is 0 Å². The topological polar surface area (TPSA) is 30.5 Å². The van der Waals surface area contributed by atoms with Gasteiger partial charge in [0.15, 0.2) is 0 Å². The fraction of sp³-hybridized carbons (Fsp3) is 0.294. The van der Waals surface area contributed by atoms with Crippen LogP contribution in [-0.4, -0.2) is 7.11 Å². The van der Waals surface area contributed by atoms with Crippen LogP contribution < -0.4 is 10.1 Å². The number of fused-ring (bicyclic) bond motifs is 1. The van der Waals surface area contributed by atoms with Gasteiger partial charge >= 0.3 is 0 Å². The molecule has 0 aromatic heterocycles. The van der Waals surface area contributed by atoms with E-state index in [1.54, 1.807) is 7.11 Å². The van der Waals surface area contributed by atoms with Crippen LogP contribution in [0.15, 0.2) is 42.5 Å². The predicted molar refractivity (Wildman–Crippen MR) is 78.5 cm³/mol. The highest BCUT2D eigenvalue weighted by Crippen LogP contribution is 2.22. The quantitative estimate of drug-likeness (QED) is 0.905. The second-order valence-corrected chi connectivity index (χ2v) is 5.02. The summed E-state index contributed by atoms with van der Waals surface area (Å²) in [5.41, 5.74) is 5.07. The number of methoxy groups -OCH3 is 1. The summed E-state index contributed by atoms with van der Waals surface area (Å²) in [6, 6.07) is 14.5. The van der Waals surface area contributed by atoms with Crippen molar-refractivity contribution >= 4 is 0 Å². The van der Waals surface area contributed by atoms with Gasteiger partial charge in [0.05, 0.1) is 6.61 Å². The van der Waals surface area contributed by atoms with Gasteiger partial charge in [0.1, 0.15) is 12.4 Å². The molecule has 0 unspecified atom stereocenters. The molecule has 0 atom stereocenters. The maximum absolute atomic E-state index is 5.92. The largest absolute Gasteiger partial charge is 0.489 e. The summed E-state index contributed by atoms with van der Waals surface area (Å²) in [4.78, 5) is 0. The van der Waals surface area contributed by atoms with E-state index in [-0.39, 0.29) is 0 Å². The second-order valence-electron chi connectivity index (χ2n) is 5.02. The second kappa shape index (κ2) is 6.07. The maximum Gasteiger partial charge on any atom is 0.120 e. The lowest BCUT2D eigenvalue weighted by atomic mass is 10.1. The van der Waals surface area contributed by atoms with Crippen LogP contribution in [0, 0.1) is 0 Å². The minimum Gasteiger partial charge on any atom is -0.489 e. The van der Waals surface area contributed by atoms with Crippen molar-refractivity contribution in [1.82, 2.24) is 5.32 Å². The molecule has 1 aliphatic rings. The SMILES string of the molecule is COCc1ccccc1COc1ccc2c(c1)CNC2. The minimum absolute atomic E-state index is 0.575. The molecule has 0 saturated heterocycles. The van der Waals surface area contributed by atoms with E-state index in [4.69, 9.17) is 9.47 Å². The third-order valence-corrected chi connectivity index (χ3v) is 3.62. The molecule has 3 rings (SSSR count). The van der Waals surface area contributed by atoms with Crippen LogP contribution in [0.4, 0.5) is 0 Å². The average Bonchev–Trinajstić information content (AvgIpc) is 2.94. The van der Waals surface area contributed by atoms with Gasteiger partial charge in [0.2, 0.25) is 0 Å². The summed E-state index contributed by atoms with van der Waals surface area (Å²) in [5, 5.41) is 3.34. The van der Waals surface area contributed by atoms with E-state index >= 15 is 0 Å². The summed E-state index contributed by atoms with van der Waals surface area (Å²) in [5.74, 6) is 0.930. The van der Waals surface area contributed by atoms with Gasteiger partial charge in [0, 0.05) is 20.2 Å². The van der Waals surface area contributed by atoms with Gasteiger partial charge in [0.25, 0.3) is 0 Å². The van der Waals surface area contributed by atoms with Crippen LogP contribution in [-0.2, 0) is 31.0 Å². The summed E-state index contributed by atoms with van der Waals surface area (Å²) in [6.07, 6.45) is 0. The Morgan fingerprint density at radius 3 is 2.50 bits per heavy atom. The lowest BCUT2D eigenvalue weighted by Crippen LogP contribution is -2.01. The van der Waals surface area contributed by atoms with Crippen LogP contribution in [0.5, 0.6) is 5.75 Å². The molecular formula is C17H19NO2. The Bertz CT molecular complexity index is 595. The Hall–Kier alpha value is -1.84. The van der Waals surface area contributed by atoms with Crippen molar-refractivity contribution in [3.63, 3.8) is 0 Å². The van der Waals surface area contributed by atoms with Crippen molar-refractivity contribution in [2.45, 2.75) is 26.3 Å². The molecule has 1 N–H and O–H groups in total. The molecule has 0 bridgehead atoms. The zero-order valence-electron chi connectivity index (χ0n) is 11.7. The van der Waals surface area contributed by atoms with Gasteiger partial charge in [-0.25, -0.2) is 0 Å². The van der Waals surface area contributed by atoms with Gasteiger partial charge < -0.3 is 14.8 Å². The number of hydrogen-bond donors (Lipinski definition) is 1. The molecule has 3 heteroatoms. The molecule has 1 aliphatic heterocycles. The van der Waals surface area contributed by atoms with Crippen molar-refractivity contribution < 1.29 is 9.47 Å². The Morgan fingerprint density at radius 1 is 0.950 bits per heavy atom. The smallest absolute Gasteiger partial charge is 0.120 e. The van der Waals surface area contributed by atoms with E-state index in [1.807, 2.05) is 18.2 Å². The molecule has 0 spiro atoms. The molecule has 0 fully saturated rings. The molecule has 0 radical (unpaired) electrons. The van der Waals surface area contributed by atoms with Gasteiger partial charge in [-0.3, -0.25) is 0 Å². The predicted octanol–water partition coefficient (Wildman–Crippen LogP) is 3.02. The minimum atomic E-state index is 0.575. The fourth-order valence-electron chi connectivity index (χ4n) is 2.52. The van der Waals surface area contributed by atoms with Crippen molar-refractivity contribution in [1.29, 1.82) is 0 Å². The molecule has 104 valence electrons. The Morgan fingerprint density at radius 2 is 1.70 bits per heavy atom. The molecule has 0 amide bonds. The molecule has 0 saturated carbocycles. The Kier molecular flexibility index (Phi) is 4.00. The number of ether oxygens (including phenoxy) is 2. The third-order valence-electron chi connectivity index (χ3n) is 3.62. The molecule has 1 heterocycles. The van der Waals surface area contributed by atoms with Gasteiger partial charge in [-0.2, -0.15) is 0 Å². The van der Waals surface area contributed by atoms with Gasteiger partial charge in [-0.1, -0.05) is 30.3 Å². The first-order chi connectivity index (χ1) is 9.86. The van der Waals surface area contributed by atoms with Crippen molar-refractivity contribution in [2.75, 3.05) is 7.11 Å². The number of benzene rings is 2. The monoisotopic (exact) mass is 269 g/mol. The summed E-state index contributed by atoms with van der Waals surface area (Å²) < 4.78 is 11.1. The first kappa shape index (κ1) is 13.2. The standard InChI is InChI=1S/C17H19NO2/c1-19-11-14-4-2-3-5-15(14)12-20-17-7-6-13-9-18-10-16(13)8-17/h2-8,18H,9-12H2,1H3. The van der Waals surface area contributed by atoms with Crippen LogP contribution in [0.2, 0.25) is 0 Å². The first-order valence-corrected chi connectivity index (χ1v) is 6.88. The highest BCUT2D eigenvalue weighted by molar-refractivity contribution is 5.38. The summed E-state index contributed by atoms with van der Waals surface area (Å²) in [6.45, 7) is 3.10. The highest BCUT2D eigenvalue weighted by Gasteiger charge is 2.10. The molecule has 3 nitrogen and oxygen atoms in total. The van der Waals surface area contributed by atoms with Crippen LogP contribution in [0.3, 0.4) is 0 Å². The number of hydrogen-bond acceptors (Lipinski definition) is 3. The van der Waals surface area contributed by atoms with E-state index in [1.165, 1.54) is 22.3 Å². The zero-order valence-corrected chi connectivity index (χ0v) is 11.7. The molecular weight excluding hydrogens is 250 g/mol. The van der Waals surface area contributed by atoms with Crippen LogP contribution >= 0.6 is 0 Å². The number of nitrogens with one attached hydrogen (secondary N) is 1. The average molecular weight is 269 g/mol. The fourth-order valence-corrected chi connectivity index (χ4v) is 2.52. The van der Waals surface area contributed by atoms with E-state index in [2.05, 4.69) is 29.6 Å². The Labute approximate surface area is 119 Å². The van der Waals surface area contributed by atoms with Crippen molar-refractivity contribution in [3.8, 4) is 5.75 Å². The van der Waals surface area contributed by atoms with Gasteiger partial charge in [-0.05, 0) is 34.4 Å². The molecule has 2 aromatic carbocycles. The Balaban J connectivity index is 1.70. The number of rotatable bonds is 5. The van der Waals surface area contributed by atoms with Crippen molar-refractivity contribution in [3.05, 3.63) is 64.7 Å². The van der Waals surface area contributed by atoms with Crippen molar-refractivity contribution in [2.24, 2.45) is 0 Å². The van der Waals surface area contributed by atoms with Crippen LogP contribution in [0.25, 0.3) is 0 Å². The highest BCUT2D eigenvalue weighted by atomic mass is 16.5. The van der Waals surface area contributed by atoms with Gasteiger partial charge in [-0.15, -0.1) is 0 Å². The normalized spacial score (nSPS) is 13.2. The lowest BCUT2D eigenvalue weighted by molar-refractivity contribution is 0.182. The van der Waals surface area contributed by atoms with Crippen LogP contribution in [0.1, 0.15) is 22.3 Å². The summed E-state index contributed by atoms with van der Waals surface area (Å²) in [7, 11) is 1.71. The molecule has 0 aliphatic carbocycles. The first-order valence-electron chi connectivity index (χ1n) is 6.88. The van der Waals surface area contributed by atoms with E-state index in [0.29, 0.717) is 13.2 Å². The maximum atomic E-state index is 5.92. The van der Waals surface area contributed by atoms with E-state index < -0.39 is 0 Å². The van der Waals surface area contributed by atoms with E-state index in [0.717, 1.165) is 18.8 Å². The lowest BCUT2D eigenvalue weighted by Gasteiger charge is -2.11. The zero-order chi connectivity index (χ0) is 13.8. The molecule has 2 aromatic rings. The molecule has 20 heavy (non-hydrogen) atoms.